The fourth-order valence-electron chi connectivity index (χ4n) is 2.68. The summed E-state index contributed by atoms with van der Waals surface area (Å²) < 4.78 is 6.59. The lowest BCUT2D eigenvalue weighted by Crippen LogP contribution is -2.50. The zero-order valence-corrected chi connectivity index (χ0v) is 20.9. The van der Waals surface area contributed by atoms with Crippen molar-refractivity contribution in [3.05, 3.63) is 42.6 Å². The van der Waals surface area contributed by atoms with Gasteiger partial charge in [0.05, 0.1) is 23.4 Å². The Balaban J connectivity index is 2.52. The van der Waals surface area contributed by atoms with E-state index in [9.17, 15) is 0 Å². The van der Waals surface area contributed by atoms with Gasteiger partial charge in [-0.25, -0.2) is 0 Å². The van der Waals surface area contributed by atoms with E-state index >= 15 is 0 Å². The van der Waals surface area contributed by atoms with Crippen LogP contribution < -0.4 is 10.5 Å². The van der Waals surface area contributed by atoms with Crippen LogP contribution in [0.25, 0.3) is 0 Å². The normalized spacial score (nSPS) is 14.8. The molecule has 0 aromatic heterocycles. The molecule has 0 saturated heterocycles. The number of benzene rings is 1. The van der Waals surface area contributed by atoms with E-state index in [4.69, 9.17) is 4.43 Å². The molecule has 1 unspecified atom stereocenters. The molecular weight excluding hydrogens is 354 g/mol. The van der Waals surface area contributed by atoms with Crippen molar-refractivity contribution in [2.45, 2.75) is 70.3 Å². The van der Waals surface area contributed by atoms with Gasteiger partial charge in [-0.2, -0.15) is 0 Å². The minimum atomic E-state index is -1.72. The third-order valence-electron chi connectivity index (χ3n) is 5.53. The van der Waals surface area contributed by atoms with Crippen LogP contribution in [0.3, 0.4) is 0 Å². The summed E-state index contributed by atoms with van der Waals surface area (Å²) in [5, 5.41) is 5.51. The quantitative estimate of drug-likeness (QED) is 0.365. The van der Waals surface area contributed by atoms with Gasteiger partial charge in [-0.3, -0.25) is 5.32 Å². The molecule has 1 aromatic carbocycles. The molecule has 2 nitrogen and oxygen atoms in total. The van der Waals surface area contributed by atoms with Crippen LogP contribution in [-0.2, 0) is 4.43 Å². The van der Waals surface area contributed by atoms with E-state index in [0.29, 0.717) is 0 Å². The van der Waals surface area contributed by atoms with Crippen LogP contribution in [0.2, 0.25) is 37.3 Å². The molecule has 0 heterocycles. The van der Waals surface area contributed by atoms with Crippen LogP contribution in [0.5, 0.6) is 0 Å². The summed E-state index contributed by atoms with van der Waals surface area (Å²) in [4.78, 5) is 0. The average Bonchev–Trinajstić information content (AvgIpc) is 2.51. The number of nitrogens with one attached hydrogen (secondary N) is 1. The Labute approximate surface area is 160 Å². The van der Waals surface area contributed by atoms with Gasteiger partial charge in [0.15, 0.2) is 8.32 Å². The lowest BCUT2D eigenvalue weighted by molar-refractivity contribution is 0.217. The first-order valence-corrected chi connectivity index (χ1v) is 17.3. The third kappa shape index (κ3) is 7.35. The summed E-state index contributed by atoms with van der Waals surface area (Å²) in [5.74, 6) is 0.236. The van der Waals surface area contributed by atoms with Crippen molar-refractivity contribution in [1.82, 2.24) is 5.32 Å². The highest BCUT2D eigenvalue weighted by molar-refractivity contribution is 6.89. The van der Waals surface area contributed by atoms with E-state index in [1.807, 2.05) is 0 Å². The Bertz CT molecular complexity index is 523. The minimum absolute atomic E-state index is 0.236. The van der Waals surface area contributed by atoms with Crippen molar-refractivity contribution in [2.75, 3.05) is 6.54 Å². The Hall–Kier alpha value is -0.469. The maximum Gasteiger partial charge on any atom is 0.193 e. The van der Waals surface area contributed by atoms with Crippen molar-refractivity contribution >= 4 is 31.1 Å². The van der Waals surface area contributed by atoms with Crippen molar-refractivity contribution in [3.63, 3.8) is 0 Å². The predicted molar refractivity (Wildman–Crippen MR) is 122 cm³/mol. The highest BCUT2D eigenvalue weighted by atomic mass is 28.4. The molecule has 0 spiro atoms. The van der Waals surface area contributed by atoms with Gasteiger partial charge in [0.1, 0.15) is 0 Å². The van der Waals surface area contributed by atoms with E-state index in [1.165, 1.54) is 12.5 Å². The molecule has 5 heteroatoms. The second kappa shape index (κ2) is 9.46. The molecule has 0 saturated carbocycles. The zero-order chi connectivity index (χ0) is 19.1. The molecule has 0 amide bonds. The minimum Gasteiger partial charge on any atom is -0.405 e. The Kier molecular flexibility index (Phi) is 8.54. The molecule has 1 aromatic rings. The van der Waals surface area contributed by atoms with Crippen LogP contribution >= 0.6 is 0 Å². The summed E-state index contributed by atoms with van der Waals surface area (Å²) in [7, 11) is -3.49. The van der Waals surface area contributed by atoms with Crippen molar-refractivity contribution in [3.8, 4) is 0 Å². The first-order chi connectivity index (χ1) is 11.5. The second-order valence-electron chi connectivity index (χ2n) is 9.20. The SMILES string of the molecule is C=C[SiH2]C(NCCC[Si](C)(C)c1ccccc1)O[Si](C)(C)C(C)(C)C. The standard InChI is InChI=1S/C20H39NOSi3/c1-9-23-19(22-25(7,8)20(2,3)4)21-16-13-17-24(5,6)18-14-11-10-12-15-18/h9-12,14-15,19,21H,1,13,16-17,23H2,2-8H3. The maximum absolute atomic E-state index is 6.59. The number of hydrogen-bond donors (Lipinski definition) is 1. The molecule has 1 rings (SSSR count). The van der Waals surface area contributed by atoms with Crippen molar-refractivity contribution in [2.24, 2.45) is 0 Å². The molecule has 1 atom stereocenters. The Morgan fingerprint density at radius 2 is 1.76 bits per heavy atom. The highest BCUT2D eigenvalue weighted by Crippen LogP contribution is 2.37. The molecule has 0 aliphatic rings. The first-order valence-electron chi connectivity index (χ1n) is 9.57. The predicted octanol–water partition coefficient (Wildman–Crippen LogP) is 4.20. The fourth-order valence-corrected chi connectivity index (χ4v) is 8.58. The molecule has 0 aliphatic heterocycles. The van der Waals surface area contributed by atoms with Gasteiger partial charge in [-0.05, 0) is 31.1 Å². The Morgan fingerprint density at radius 1 is 1.16 bits per heavy atom. The van der Waals surface area contributed by atoms with E-state index in [1.54, 1.807) is 5.19 Å². The van der Waals surface area contributed by atoms with Crippen molar-refractivity contribution < 1.29 is 4.43 Å². The highest BCUT2D eigenvalue weighted by Gasteiger charge is 2.38. The van der Waals surface area contributed by atoms with Crippen LogP contribution in [0.4, 0.5) is 0 Å². The molecule has 25 heavy (non-hydrogen) atoms. The lowest BCUT2D eigenvalue weighted by Gasteiger charge is -2.39. The summed E-state index contributed by atoms with van der Waals surface area (Å²) in [6.07, 6.45) is 1.22. The van der Waals surface area contributed by atoms with Gasteiger partial charge in [-0.1, -0.05) is 75.4 Å². The van der Waals surface area contributed by atoms with Gasteiger partial charge in [-0.15, -0.1) is 12.3 Å². The van der Waals surface area contributed by atoms with Gasteiger partial charge >= 0.3 is 0 Å². The van der Waals surface area contributed by atoms with Crippen LogP contribution in [0.1, 0.15) is 27.2 Å². The first kappa shape index (κ1) is 22.6. The molecular formula is C20H39NOSi3. The van der Waals surface area contributed by atoms with Crippen molar-refractivity contribution in [1.29, 1.82) is 0 Å². The Morgan fingerprint density at radius 3 is 2.28 bits per heavy atom. The summed E-state index contributed by atoms with van der Waals surface area (Å²) in [6.45, 7) is 21.6. The third-order valence-corrected chi connectivity index (χ3v) is 15.1. The maximum atomic E-state index is 6.59. The summed E-state index contributed by atoms with van der Waals surface area (Å²) in [6, 6.07) is 12.4. The van der Waals surface area contributed by atoms with E-state index in [-0.39, 0.29) is 10.9 Å². The molecule has 142 valence electrons. The second-order valence-corrected chi connectivity index (χ2v) is 20.6. The van der Waals surface area contributed by atoms with Gasteiger partial charge in [0, 0.05) is 0 Å². The molecule has 1 N–H and O–H groups in total. The largest absolute Gasteiger partial charge is 0.405 e. The fraction of sp³-hybridized carbons (Fsp3) is 0.600. The smallest absolute Gasteiger partial charge is 0.193 e. The summed E-state index contributed by atoms with van der Waals surface area (Å²) in [5.41, 5.74) is 2.10. The molecule has 0 fully saturated rings. The van der Waals surface area contributed by atoms with Gasteiger partial charge in [0.25, 0.3) is 0 Å². The topological polar surface area (TPSA) is 21.3 Å². The zero-order valence-electron chi connectivity index (χ0n) is 17.5. The van der Waals surface area contributed by atoms with Gasteiger partial charge in [0.2, 0.25) is 0 Å². The van der Waals surface area contributed by atoms with E-state index < -0.39 is 25.9 Å². The molecule has 0 aliphatic carbocycles. The van der Waals surface area contributed by atoms with E-state index in [0.717, 1.165) is 6.54 Å². The molecule has 0 radical (unpaired) electrons. The number of hydrogen-bond acceptors (Lipinski definition) is 2. The van der Waals surface area contributed by atoms with Crippen LogP contribution in [0, 0.1) is 0 Å². The number of rotatable bonds is 10. The van der Waals surface area contributed by atoms with E-state index in [2.05, 4.69) is 94.9 Å². The average molecular weight is 394 g/mol. The van der Waals surface area contributed by atoms with Gasteiger partial charge < -0.3 is 4.43 Å². The van der Waals surface area contributed by atoms with Crippen LogP contribution in [-0.4, -0.2) is 38.3 Å². The summed E-state index contributed by atoms with van der Waals surface area (Å²) >= 11 is 0. The lowest BCUT2D eigenvalue weighted by atomic mass is 10.2. The monoisotopic (exact) mass is 393 g/mol. The molecule has 0 bridgehead atoms. The van der Waals surface area contributed by atoms with Crippen LogP contribution in [0.15, 0.2) is 42.6 Å².